The molecule has 4 rings (SSSR count). The SMILES string of the molecule is CC1=C(C(=O)OCCN(C)C/C(C)=C/c2ccc(Cc3cccnc3)cc2)C(c2cccc(Cl)c2Cl)C(C(=O)OC(C)C)=C(C)N1. The molecule has 2 aromatic carbocycles. The summed E-state index contributed by atoms with van der Waals surface area (Å²) in [5.41, 5.74) is 6.96. The molecule has 0 fully saturated rings. The largest absolute Gasteiger partial charge is 0.461 e. The van der Waals surface area contributed by atoms with Crippen LogP contribution in [-0.2, 0) is 25.5 Å². The Morgan fingerprint density at radius 1 is 0.978 bits per heavy atom. The second kappa shape index (κ2) is 16.1. The molecular formula is C37H41Cl2N3O4. The third-order valence-corrected chi connectivity index (χ3v) is 8.42. The smallest absolute Gasteiger partial charge is 0.337 e. The van der Waals surface area contributed by atoms with Crippen molar-refractivity contribution in [2.45, 2.75) is 53.1 Å². The number of halogens is 2. The Morgan fingerprint density at radius 3 is 2.33 bits per heavy atom. The fraction of sp³-hybridized carbons (Fsp3) is 0.324. The van der Waals surface area contributed by atoms with Gasteiger partial charge >= 0.3 is 11.9 Å². The molecule has 1 unspecified atom stereocenters. The lowest BCUT2D eigenvalue weighted by molar-refractivity contribution is -0.143. The molecule has 0 aliphatic carbocycles. The lowest BCUT2D eigenvalue weighted by Gasteiger charge is -2.31. The number of likely N-dealkylation sites (N-methyl/N-ethyl adjacent to an activating group) is 1. The van der Waals surface area contributed by atoms with E-state index in [-0.39, 0.29) is 23.3 Å². The van der Waals surface area contributed by atoms with E-state index in [1.54, 1.807) is 52.1 Å². The lowest BCUT2D eigenvalue weighted by Crippen LogP contribution is -2.34. The first-order valence-electron chi connectivity index (χ1n) is 15.3. The van der Waals surface area contributed by atoms with Gasteiger partial charge in [0.15, 0.2) is 0 Å². The van der Waals surface area contributed by atoms with Crippen LogP contribution >= 0.6 is 23.2 Å². The highest BCUT2D eigenvalue weighted by Crippen LogP contribution is 2.43. The van der Waals surface area contributed by atoms with E-state index >= 15 is 0 Å². The number of hydrogen-bond donors (Lipinski definition) is 1. The van der Waals surface area contributed by atoms with Crippen LogP contribution in [0.5, 0.6) is 0 Å². The summed E-state index contributed by atoms with van der Waals surface area (Å²) in [6.45, 7) is 10.6. The molecule has 1 atom stereocenters. The summed E-state index contributed by atoms with van der Waals surface area (Å²) in [5.74, 6) is -1.89. The molecule has 3 aromatic rings. The molecule has 1 aliphatic rings. The topological polar surface area (TPSA) is 80.8 Å². The number of dihydropyridines is 1. The van der Waals surface area contributed by atoms with Crippen molar-refractivity contribution in [1.29, 1.82) is 0 Å². The molecule has 1 N–H and O–H groups in total. The van der Waals surface area contributed by atoms with E-state index in [9.17, 15) is 9.59 Å². The van der Waals surface area contributed by atoms with Crippen molar-refractivity contribution in [2.75, 3.05) is 26.7 Å². The van der Waals surface area contributed by atoms with Crippen molar-refractivity contribution < 1.29 is 19.1 Å². The molecule has 2 heterocycles. The quantitative estimate of drug-likeness (QED) is 0.199. The highest BCUT2D eigenvalue weighted by Gasteiger charge is 2.39. The summed E-state index contributed by atoms with van der Waals surface area (Å²) in [6.07, 6.45) is 6.32. The molecule has 7 nitrogen and oxygen atoms in total. The van der Waals surface area contributed by atoms with Crippen LogP contribution in [0.25, 0.3) is 6.08 Å². The number of aromatic nitrogens is 1. The molecule has 0 saturated heterocycles. The summed E-state index contributed by atoms with van der Waals surface area (Å²) in [6, 6.07) is 17.7. The number of hydrogen-bond acceptors (Lipinski definition) is 7. The van der Waals surface area contributed by atoms with Crippen molar-refractivity contribution in [3.05, 3.63) is 127 Å². The van der Waals surface area contributed by atoms with Gasteiger partial charge in [-0.05, 0) is 82.5 Å². The van der Waals surface area contributed by atoms with Crippen molar-refractivity contribution in [1.82, 2.24) is 15.2 Å². The standard InChI is InChI=1S/C37H41Cl2N3O4/c1-23(2)46-37(44)33-26(5)41-25(4)32(34(33)30-10-7-11-31(38)35(30)39)36(43)45-18-17-42(6)22-24(3)19-27-12-14-28(15-13-27)20-29-9-8-16-40-21-29/h7-16,19,21,23,34,41H,17-18,20,22H2,1-6H3/b24-19+. The van der Waals surface area contributed by atoms with Gasteiger partial charge in [0.05, 0.1) is 33.2 Å². The van der Waals surface area contributed by atoms with Crippen molar-refractivity contribution in [3.63, 3.8) is 0 Å². The maximum absolute atomic E-state index is 13.7. The zero-order valence-corrected chi connectivity index (χ0v) is 28.7. The number of ether oxygens (including phenoxy) is 2. The average molecular weight is 663 g/mol. The van der Waals surface area contributed by atoms with Crippen LogP contribution in [0.15, 0.2) is 95.1 Å². The molecule has 9 heteroatoms. The van der Waals surface area contributed by atoms with Gasteiger partial charge in [0.1, 0.15) is 6.61 Å². The fourth-order valence-electron chi connectivity index (χ4n) is 5.54. The lowest BCUT2D eigenvalue weighted by atomic mass is 9.80. The third kappa shape index (κ3) is 9.09. The zero-order chi connectivity index (χ0) is 33.4. The van der Waals surface area contributed by atoms with Crippen LogP contribution in [0.4, 0.5) is 0 Å². The Bertz CT molecular complexity index is 1650. The normalized spacial score (nSPS) is 15.3. The number of benzene rings is 2. The van der Waals surface area contributed by atoms with Gasteiger partial charge in [-0.2, -0.15) is 0 Å². The highest BCUT2D eigenvalue weighted by molar-refractivity contribution is 6.42. The minimum atomic E-state index is -0.815. The summed E-state index contributed by atoms with van der Waals surface area (Å²) < 4.78 is 11.4. The monoisotopic (exact) mass is 661 g/mol. The van der Waals surface area contributed by atoms with Gasteiger partial charge in [-0.15, -0.1) is 0 Å². The number of carbonyl (C=O) groups excluding carboxylic acids is 2. The Kier molecular flexibility index (Phi) is 12.2. The van der Waals surface area contributed by atoms with Gasteiger partial charge in [0.25, 0.3) is 0 Å². The predicted molar refractivity (Wildman–Crippen MR) is 185 cm³/mol. The van der Waals surface area contributed by atoms with Crippen LogP contribution in [-0.4, -0.2) is 54.7 Å². The van der Waals surface area contributed by atoms with Crippen LogP contribution in [0.2, 0.25) is 10.0 Å². The number of nitrogens with one attached hydrogen (secondary N) is 1. The summed E-state index contributed by atoms with van der Waals surface area (Å²) in [5, 5.41) is 3.76. The molecule has 1 aromatic heterocycles. The van der Waals surface area contributed by atoms with Gasteiger partial charge in [-0.3, -0.25) is 9.88 Å². The van der Waals surface area contributed by atoms with E-state index < -0.39 is 17.9 Å². The molecule has 0 bridgehead atoms. The Morgan fingerprint density at radius 2 is 1.67 bits per heavy atom. The molecule has 46 heavy (non-hydrogen) atoms. The Balaban J connectivity index is 1.41. The minimum Gasteiger partial charge on any atom is -0.461 e. The van der Waals surface area contributed by atoms with Crippen LogP contribution in [0.1, 0.15) is 62.8 Å². The van der Waals surface area contributed by atoms with E-state index in [0.717, 1.165) is 12.0 Å². The van der Waals surface area contributed by atoms with E-state index in [4.69, 9.17) is 32.7 Å². The highest BCUT2D eigenvalue weighted by atomic mass is 35.5. The van der Waals surface area contributed by atoms with Gasteiger partial charge in [-0.1, -0.05) is 77.3 Å². The first-order valence-corrected chi connectivity index (χ1v) is 16.0. The molecule has 0 radical (unpaired) electrons. The second-order valence-electron chi connectivity index (χ2n) is 11.9. The minimum absolute atomic E-state index is 0.160. The van der Waals surface area contributed by atoms with Gasteiger partial charge in [-0.25, -0.2) is 9.59 Å². The maximum Gasteiger partial charge on any atom is 0.337 e. The van der Waals surface area contributed by atoms with Crippen molar-refractivity contribution >= 4 is 41.2 Å². The Hall–Kier alpha value is -3.91. The van der Waals surface area contributed by atoms with E-state index in [2.05, 4.69) is 58.5 Å². The molecule has 0 spiro atoms. The van der Waals surface area contributed by atoms with Gasteiger partial charge in [0.2, 0.25) is 0 Å². The first-order chi connectivity index (χ1) is 21.9. The number of allylic oxidation sites excluding steroid dienone is 2. The van der Waals surface area contributed by atoms with E-state index in [0.29, 0.717) is 40.6 Å². The summed E-state index contributed by atoms with van der Waals surface area (Å²) in [4.78, 5) is 33.3. The van der Waals surface area contributed by atoms with Gasteiger partial charge in [0, 0.05) is 36.9 Å². The van der Waals surface area contributed by atoms with Crippen LogP contribution < -0.4 is 5.32 Å². The Labute approximate surface area is 281 Å². The maximum atomic E-state index is 13.7. The number of carbonyl (C=O) groups is 2. The molecule has 242 valence electrons. The number of esters is 2. The summed E-state index contributed by atoms with van der Waals surface area (Å²) >= 11 is 13.0. The van der Waals surface area contributed by atoms with Gasteiger partial charge < -0.3 is 14.8 Å². The summed E-state index contributed by atoms with van der Waals surface area (Å²) in [7, 11) is 1.98. The fourth-order valence-corrected chi connectivity index (χ4v) is 5.96. The zero-order valence-electron chi connectivity index (χ0n) is 27.2. The van der Waals surface area contributed by atoms with E-state index in [1.165, 1.54) is 16.7 Å². The molecule has 1 aliphatic heterocycles. The van der Waals surface area contributed by atoms with E-state index in [1.807, 2.05) is 19.3 Å². The van der Waals surface area contributed by atoms with Crippen molar-refractivity contribution in [2.24, 2.45) is 0 Å². The first kappa shape index (κ1) is 35.0. The van der Waals surface area contributed by atoms with Crippen LogP contribution in [0.3, 0.4) is 0 Å². The number of pyridine rings is 1. The number of rotatable bonds is 12. The molecule has 0 amide bonds. The average Bonchev–Trinajstić information content (AvgIpc) is 2.99. The molecular weight excluding hydrogens is 621 g/mol. The van der Waals surface area contributed by atoms with Crippen molar-refractivity contribution in [3.8, 4) is 0 Å². The third-order valence-electron chi connectivity index (χ3n) is 7.58. The molecule has 0 saturated carbocycles. The predicted octanol–water partition coefficient (Wildman–Crippen LogP) is 7.74. The number of nitrogens with zero attached hydrogens (tertiary/aromatic N) is 2. The second-order valence-corrected chi connectivity index (χ2v) is 12.7. The van der Waals surface area contributed by atoms with Crippen LogP contribution in [0, 0.1) is 0 Å².